The molecule has 0 radical (unpaired) electrons. The average Bonchev–Trinajstić information content (AvgIpc) is 2.66. The molecule has 1 aliphatic carbocycles. The van der Waals surface area contributed by atoms with Gasteiger partial charge >= 0.3 is 5.97 Å². The molecule has 0 spiro atoms. The first-order valence-corrected chi connectivity index (χ1v) is 5.51. The molecule has 0 saturated heterocycles. The van der Waals surface area contributed by atoms with E-state index in [4.69, 9.17) is 10.8 Å². The first-order chi connectivity index (χ1) is 7.54. The molecule has 0 saturated carbocycles. The number of carbonyl (C=O) groups excluding carboxylic acids is 1. The van der Waals surface area contributed by atoms with E-state index in [1.807, 2.05) is 6.92 Å². The van der Waals surface area contributed by atoms with Crippen molar-refractivity contribution in [1.29, 1.82) is 0 Å². The monoisotopic (exact) mass is 226 g/mol. The highest BCUT2D eigenvalue weighted by atomic mass is 16.4. The largest absolute Gasteiger partial charge is 0.481 e. The molecular formula is C11H18N2O3. The smallest absolute Gasteiger partial charge is 0.310 e. The lowest BCUT2D eigenvalue weighted by molar-refractivity contribution is -0.140. The summed E-state index contributed by atoms with van der Waals surface area (Å²) in [7, 11) is 0. The van der Waals surface area contributed by atoms with Gasteiger partial charge in [-0.1, -0.05) is 25.5 Å². The zero-order valence-corrected chi connectivity index (χ0v) is 9.35. The number of carboxylic acid groups (broad SMARTS) is 1. The number of carboxylic acids is 1. The third-order valence-electron chi connectivity index (χ3n) is 2.66. The Bertz CT molecular complexity index is 302. The summed E-state index contributed by atoms with van der Waals surface area (Å²) in [6.07, 6.45) is 5.24. The van der Waals surface area contributed by atoms with Crippen molar-refractivity contribution in [3.63, 3.8) is 0 Å². The molecule has 0 aliphatic heterocycles. The van der Waals surface area contributed by atoms with Crippen LogP contribution >= 0.6 is 0 Å². The quantitative estimate of drug-likeness (QED) is 0.586. The Balaban J connectivity index is 2.37. The van der Waals surface area contributed by atoms with Gasteiger partial charge in [0.1, 0.15) is 0 Å². The molecule has 5 nitrogen and oxygen atoms in total. The van der Waals surface area contributed by atoms with Crippen molar-refractivity contribution in [3.05, 3.63) is 12.2 Å². The van der Waals surface area contributed by atoms with Crippen molar-refractivity contribution in [2.24, 2.45) is 11.7 Å². The van der Waals surface area contributed by atoms with Crippen LogP contribution in [0, 0.1) is 5.92 Å². The van der Waals surface area contributed by atoms with Crippen molar-refractivity contribution in [2.45, 2.75) is 38.3 Å². The highest BCUT2D eigenvalue weighted by Crippen LogP contribution is 2.17. The van der Waals surface area contributed by atoms with E-state index in [2.05, 4.69) is 5.32 Å². The van der Waals surface area contributed by atoms with Crippen LogP contribution in [-0.4, -0.2) is 29.1 Å². The molecule has 0 aromatic heterocycles. The Morgan fingerprint density at radius 2 is 2.25 bits per heavy atom. The second-order valence-corrected chi connectivity index (χ2v) is 4.08. The van der Waals surface area contributed by atoms with E-state index in [0.717, 1.165) is 6.42 Å². The summed E-state index contributed by atoms with van der Waals surface area (Å²) in [6, 6.07) is -0.696. The molecule has 0 aromatic rings. The topological polar surface area (TPSA) is 92.4 Å². The maximum Gasteiger partial charge on any atom is 0.310 e. The molecular weight excluding hydrogens is 208 g/mol. The third kappa shape index (κ3) is 3.34. The van der Waals surface area contributed by atoms with Crippen LogP contribution in [0.4, 0.5) is 0 Å². The molecule has 0 bridgehead atoms. The summed E-state index contributed by atoms with van der Waals surface area (Å²) in [5.74, 6) is -1.55. The molecule has 3 atom stereocenters. The number of rotatable bonds is 5. The Hall–Kier alpha value is -1.36. The molecule has 0 fully saturated rings. The molecule has 16 heavy (non-hydrogen) atoms. The molecule has 4 N–H and O–H groups in total. The fourth-order valence-electron chi connectivity index (χ4n) is 1.72. The highest BCUT2D eigenvalue weighted by Gasteiger charge is 2.26. The van der Waals surface area contributed by atoms with Gasteiger partial charge in [-0.05, 0) is 12.8 Å². The fraction of sp³-hybridized carbons (Fsp3) is 0.636. The molecule has 0 heterocycles. The molecule has 3 unspecified atom stereocenters. The molecule has 90 valence electrons. The summed E-state index contributed by atoms with van der Waals surface area (Å²) >= 11 is 0. The Kier molecular flexibility index (Phi) is 4.49. The van der Waals surface area contributed by atoms with E-state index < -0.39 is 17.9 Å². The number of nitrogens with one attached hydrogen (secondary N) is 1. The minimum atomic E-state index is -0.856. The van der Waals surface area contributed by atoms with E-state index >= 15 is 0 Å². The fourth-order valence-corrected chi connectivity index (χ4v) is 1.72. The highest BCUT2D eigenvalue weighted by molar-refractivity contribution is 5.82. The molecule has 5 heteroatoms. The van der Waals surface area contributed by atoms with E-state index in [9.17, 15) is 9.59 Å². The standard InChI is InChI=1S/C11H18N2O3/c1-2-3-9(12)10(14)13-8-5-4-7(6-8)11(15)16/h4-5,7-9H,2-3,6,12H2,1H3,(H,13,14)(H,15,16). The minimum Gasteiger partial charge on any atom is -0.481 e. The van der Waals surface area contributed by atoms with Gasteiger partial charge < -0.3 is 16.2 Å². The lowest BCUT2D eigenvalue weighted by Gasteiger charge is -2.15. The van der Waals surface area contributed by atoms with Crippen molar-refractivity contribution in [3.8, 4) is 0 Å². The maximum atomic E-state index is 11.5. The minimum absolute atomic E-state index is 0.198. The first kappa shape index (κ1) is 12.7. The summed E-state index contributed by atoms with van der Waals surface area (Å²) in [5, 5.41) is 11.5. The van der Waals surface area contributed by atoms with Gasteiger partial charge in [0.2, 0.25) is 5.91 Å². The van der Waals surface area contributed by atoms with Gasteiger partial charge in [0.25, 0.3) is 0 Å². The number of hydrogen-bond acceptors (Lipinski definition) is 3. The van der Waals surface area contributed by atoms with Gasteiger partial charge in [-0.2, -0.15) is 0 Å². The summed E-state index contributed by atoms with van der Waals surface area (Å²) in [5.41, 5.74) is 5.65. The van der Waals surface area contributed by atoms with Crippen molar-refractivity contribution in [1.82, 2.24) is 5.32 Å². The maximum absolute atomic E-state index is 11.5. The Morgan fingerprint density at radius 3 is 2.75 bits per heavy atom. The van der Waals surface area contributed by atoms with Gasteiger partial charge in [-0.3, -0.25) is 9.59 Å². The van der Waals surface area contributed by atoms with E-state index in [1.54, 1.807) is 12.2 Å². The van der Waals surface area contributed by atoms with Crippen molar-refractivity contribution >= 4 is 11.9 Å². The van der Waals surface area contributed by atoms with E-state index in [-0.39, 0.29) is 11.9 Å². The Morgan fingerprint density at radius 1 is 1.56 bits per heavy atom. The zero-order valence-electron chi connectivity index (χ0n) is 9.35. The predicted molar refractivity (Wildman–Crippen MR) is 59.7 cm³/mol. The average molecular weight is 226 g/mol. The molecule has 0 aromatic carbocycles. The van der Waals surface area contributed by atoms with Gasteiger partial charge in [0, 0.05) is 6.04 Å². The van der Waals surface area contributed by atoms with Crippen LogP contribution in [-0.2, 0) is 9.59 Å². The second-order valence-electron chi connectivity index (χ2n) is 4.08. The zero-order chi connectivity index (χ0) is 12.1. The van der Waals surface area contributed by atoms with Crippen LogP contribution in [0.25, 0.3) is 0 Å². The molecule has 1 aliphatic rings. The van der Waals surface area contributed by atoms with Gasteiger partial charge in [0.05, 0.1) is 12.0 Å². The van der Waals surface area contributed by atoms with Crippen LogP contribution in [0.15, 0.2) is 12.2 Å². The van der Waals surface area contributed by atoms with E-state index in [0.29, 0.717) is 12.8 Å². The number of hydrogen-bond donors (Lipinski definition) is 3. The number of nitrogens with two attached hydrogens (primary N) is 1. The van der Waals surface area contributed by atoms with E-state index in [1.165, 1.54) is 0 Å². The van der Waals surface area contributed by atoms with Crippen LogP contribution < -0.4 is 11.1 Å². The summed E-state index contributed by atoms with van der Waals surface area (Å²) in [4.78, 5) is 22.2. The summed E-state index contributed by atoms with van der Waals surface area (Å²) < 4.78 is 0. The second kappa shape index (κ2) is 5.65. The Labute approximate surface area is 94.7 Å². The molecule has 1 amide bonds. The van der Waals surface area contributed by atoms with Crippen LogP contribution in [0.5, 0.6) is 0 Å². The number of carbonyl (C=O) groups is 2. The van der Waals surface area contributed by atoms with Gasteiger partial charge in [0.15, 0.2) is 0 Å². The van der Waals surface area contributed by atoms with Gasteiger partial charge in [-0.15, -0.1) is 0 Å². The normalized spacial score (nSPS) is 25.4. The SMILES string of the molecule is CCCC(N)C(=O)NC1C=CC(C(=O)O)C1. The first-order valence-electron chi connectivity index (χ1n) is 5.51. The number of amides is 1. The number of aliphatic carboxylic acids is 1. The van der Waals surface area contributed by atoms with Gasteiger partial charge in [-0.25, -0.2) is 0 Å². The lowest BCUT2D eigenvalue weighted by Crippen LogP contribution is -2.44. The van der Waals surface area contributed by atoms with Crippen LogP contribution in [0.3, 0.4) is 0 Å². The van der Waals surface area contributed by atoms with Crippen molar-refractivity contribution in [2.75, 3.05) is 0 Å². The third-order valence-corrected chi connectivity index (χ3v) is 2.66. The van der Waals surface area contributed by atoms with Crippen molar-refractivity contribution < 1.29 is 14.7 Å². The lowest BCUT2D eigenvalue weighted by atomic mass is 10.1. The van der Waals surface area contributed by atoms with Crippen LogP contribution in [0.2, 0.25) is 0 Å². The predicted octanol–water partition coefficient (Wildman–Crippen LogP) is 0.259. The summed E-state index contributed by atoms with van der Waals surface area (Å²) in [6.45, 7) is 1.96. The molecule has 1 rings (SSSR count). The van der Waals surface area contributed by atoms with Crippen LogP contribution in [0.1, 0.15) is 26.2 Å².